The Morgan fingerprint density at radius 1 is 1.41 bits per heavy atom. The molecule has 1 aromatic carbocycles. The Kier molecular flexibility index (Phi) is 3.29. The molecule has 1 amide bonds. The lowest BCUT2D eigenvalue weighted by Gasteiger charge is -2.24. The number of amides is 1. The van der Waals surface area contributed by atoms with Gasteiger partial charge in [0, 0.05) is 16.1 Å². The number of rotatable bonds is 3. The van der Waals surface area contributed by atoms with Crippen LogP contribution in [0, 0.1) is 23.7 Å². The second kappa shape index (κ2) is 5.08. The van der Waals surface area contributed by atoms with Crippen molar-refractivity contribution in [1.29, 1.82) is 0 Å². The zero-order chi connectivity index (χ0) is 15.4. The molecule has 116 valence electrons. The number of benzene rings is 1. The topological polar surface area (TPSA) is 55.4 Å². The Hall–Kier alpha value is -1.36. The van der Waals surface area contributed by atoms with Gasteiger partial charge in [-0.05, 0) is 48.9 Å². The van der Waals surface area contributed by atoms with Crippen molar-refractivity contribution in [3.05, 3.63) is 28.2 Å². The van der Waals surface area contributed by atoms with Crippen molar-refractivity contribution in [2.24, 2.45) is 23.7 Å². The largest absolute Gasteiger partial charge is 0.462 e. The first-order valence-corrected chi connectivity index (χ1v) is 8.67. The average Bonchev–Trinajstić information content (AvgIpc) is 3.10. The molecule has 4 rings (SSSR count). The fourth-order valence-electron chi connectivity index (χ4n) is 4.56. The first kappa shape index (κ1) is 14.2. The third-order valence-electron chi connectivity index (χ3n) is 5.49. The van der Waals surface area contributed by atoms with E-state index >= 15 is 0 Å². The van der Waals surface area contributed by atoms with Crippen molar-refractivity contribution in [1.82, 2.24) is 0 Å². The first-order chi connectivity index (χ1) is 10.6. The van der Waals surface area contributed by atoms with Gasteiger partial charge in [-0.1, -0.05) is 22.9 Å². The average molecular weight is 364 g/mol. The van der Waals surface area contributed by atoms with E-state index < -0.39 is 0 Å². The van der Waals surface area contributed by atoms with Gasteiger partial charge < -0.3 is 10.1 Å². The molecule has 5 atom stereocenters. The van der Waals surface area contributed by atoms with Crippen LogP contribution >= 0.6 is 15.9 Å². The molecule has 22 heavy (non-hydrogen) atoms. The Morgan fingerprint density at radius 2 is 2.23 bits per heavy atom. The molecule has 2 saturated carbocycles. The van der Waals surface area contributed by atoms with Crippen LogP contribution in [0.4, 0.5) is 5.69 Å². The summed E-state index contributed by atoms with van der Waals surface area (Å²) in [6, 6.07) is 5.87. The van der Waals surface area contributed by atoms with Crippen LogP contribution in [0.1, 0.15) is 25.3 Å². The highest BCUT2D eigenvalue weighted by molar-refractivity contribution is 9.10. The van der Waals surface area contributed by atoms with Gasteiger partial charge >= 0.3 is 5.97 Å². The van der Waals surface area contributed by atoms with Gasteiger partial charge in [0.05, 0.1) is 11.8 Å². The predicted octanol–water partition coefficient (Wildman–Crippen LogP) is 3.15. The maximum absolute atomic E-state index is 12.8. The molecule has 1 saturated heterocycles. The first-order valence-electron chi connectivity index (χ1n) is 7.88. The number of hydrogen-bond acceptors (Lipinski definition) is 3. The summed E-state index contributed by atoms with van der Waals surface area (Å²) in [6.07, 6.45) is 2.73. The van der Waals surface area contributed by atoms with Crippen molar-refractivity contribution >= 4 is 33.5 Å². The number of anilines is 1. The van der Waals surface area contributed by atoms with Crippen LogP contribution in [-0.2, 0) is 20.7 Å². The van der Waals surface area contributed by atoms with Crippen molar-refractivity contribution in [2.45, 2.75) is 32.3 Å². The number of nitrogens with one attached hydrogen (secondary N) is 1. The summed E-state index contributed by atoms with van der Waals surface area (Å²) in [4.78, 5) is 24.8. The summed E-state index contributed by atoms with van der Waals surface area (Å²) < 4.78 is 6.41. The number of fused-ring (bicyclic) bond motifs is 1. The number of carbonyl (C=O) groups is 2. The number of esters is 1. The third-order valence-corrected chi connectivity index (χ3v) is 5.99. The number of carbonyl (C=O) groups excluding carboxylic acids is 2. The zero-order valence-electron chi connectivity index (χ0n) is 12.3. The lowest BCUT2D eigenvalue weighted by Crippen LogP contribution is -2.36. The molecular weight excluding hydrogens is 346 g/mol. The van der Waals surface area contributed by atoms with Crippen LogP contribution in [0.5, 0.6) is 0 Å². The number of ether oxygens (including phenoxy) is 1. The Bertz CT molecular complexity index is 657. The van der Waals surface area contributed by atoms with Crippen LogP contribution in [0.15, 0.2) is 22.7 Å². The summed E-state index contributed by atoms with van der Waals surface area (Å²) >= 11 is 3.46. The molecule has 1 aliphatic heterocycles. The Balaban J connectivity index is 1.57. The standard InChI is InChI=1S/C17H18BrNO3/c1-2-8-5-10(18)3-4-12(8)19-16(20)14-9-6-11-13(7-9)22-17(21)15(11)14/h3-5,9,11,13-15H,2,6-7H2,1H3,(H,19,20)/t9-,11+,13-,14-,15+/m1/s1. The van der Waals surface area contributed by atoms with E-state index in [1.165, 1.54) is 0 Å². The SMILES string of the molecule is CCc1cc(Br)ccc1NC(=O)[C@@H]1[C@@H]2C[C@@H]3[C@@H]1C(=O)O[C@@H]3C2. The van der Waals surface area contributed by atoms with Gasteiger partial charge in [-0.25, -0.2) is 0 Å². The zero-order valence-corrected chi connectivity index (χ0v) is 13.9. The van der Waals surface area contributed by atoms with Gasteiger partial charge in [-0.2, -0.15) is 0 Å². The molecule has 1 aromatic rings. The van der Waals surface area contributed by atoms with Crippen LogP contribution in [0.2, 0.25) is 0 Å². The molecule has 4 nitrogen and oxygen atoms in total. The molecule has 5 heteroatoms. The summed E-state index contributed by atoms with van der Waals surface area (Å²) in [5, 5.41) is 3.05. The van der Waals surface area contributed by atoms with Crippen molar-refractivity contribution in [3.63, 3.8) is 0 Å². The quantitative estimate of drug-likeness (QED) is 0.839. The molecule has 0 unspecified atom stereocenters. The summed E-state index contributed by atoms with van der Waals surface area (Å²) in [5.74, 6) is -0.0573. The maximum Gasteiger partial charge on any atom is 0.310 e. The van der Waals surface area contributed by atoms with Gasteiger partial charge in [0.2, 0.25) is 5.91 Å². The molecule has 0 spiro atoms. The molecule has 0 aromatic heterocycles. The highest BCUT2D eigenvalue weighted by Crippen LogP contribution is 2.57. The second-order valence-electron chi connectivity index (χ2n) is 6.57. The van der Waals surface area contributed by atoms with E-state index in [0.717, 1.165) is 35.0 Å². The Morgan fingerprint density at radius 3 is 3.00 bits per heavy atom. The van der Waals surface area contributed by atoms with E-state index in [2.05, 4.69) is 28.2 Å². The Labute approximate surface area is 137 Å². The van der Waals surface area contributed by atoms with E-state index in [-0.39, 0.29) is 35.7 Å². The van der Waals surface area contributed by atoms with E-state index in [0.29, 0.717) is 5.92 Å². The lowest BCUT2D eigenvalue weighted by atomic mass is 9.79. The minimum atomic E-state index is -0.218. The highest BCUT2D eigenvalue weighted by Gasteiger charge is 2.63. The van der Waals surface area contributed by atoms with Crippen LogP contribution in [-0.4, -0.2) is 18.0 Å². The monoisotopic (exact) mass is 363 g/mol. The smallest absolute Gasteiger partial charge is 0.310 e. The minimum absolute atomic E-state index is 0.0215. The van der Waals surface area contributed by atoms with Crippen LogP contribution in [0.3, 0.4) is 0 Å². The fraction of sp³-hybridized carbons (Fsp3) is 0.529. The third kappa shape index (κ3) is 2.02. The van der Waals surface area contributed by atoms with Gasteiger partial charge in [0.1, 0.15) is 6.10 Å². The van der Waals surface area contributed by atoms with E-state index in [9.17, 15) is 9.59 Å². The maximum atomic E-state index is 12.8. The lowest BCUT2D eigenvalue weighted by molar-refractivity contribution is -0.145. The molecule has 1 N–H and O–H groups in total. The van der Waals surface area contributed by atoms with Crippen molar-refractivity contribution < 1.29 is 14.3 Å². The van der Waals surface area contributed by atoms with Crippen LogP contribution in [0.25, 0.3) is 0 Å². The summed E-state index contributed by atoms with van der Waals surface area (Å²) in [5.41, 5.74) is 1.94. The molecule has 3 aliphatic rings. The van der Waals surface area contributed by atoms with Gasteiger partial charge in [-0.3, -0.25) is 9.59 Å². The molecule has 1 heterocycles. The molecular formula is C17H18BrNO3. The van der Waals surface area contributed by atoms with Gasteiger partial charge in [0.25, 0.3) is 0 Å². The summed E-state index contributed by atoms with van der Waals surface area (Å²) in [6.45, 7) is 2.06. The predicted molar refractivity (Wildman–Crippen MR) is 85.2 cm³/mol. The molecule has 3 fully saturated rings. The van der Waals surface area contributed by atoms with Gasteiger partial charge in [0.15, 0.2) is 0 Å². The molecule has 2 aliphatic carbocycles. The fourth-order valence-corrected chi connectivity index (χ4v) is 4.96. The second-order valence-corrected chi connectivity index (χ2v) is 7.48. The van der Waals surface area contributed by atoms with E-state index in [1.807, 2.05) is 18.2 Å². The number of aryl methyl sites for hydroxylation is 1. The number of hydrogen-bond donors (Lipinski definition) is 1. The van der Waals surface area contributed by atoms with Gasteiger partial charge in [-0.15, -0.1) is 0 Å². The molecule has 2 bridgehead atoms. The molecule has 0 radical (unpaired) electrons. The van der Waals surface area contributed by atoms with Crippen molar-refractivity contribution in [2.75, 3.05) is 5.32 Å². The van der Waals surface area contributed by atoms with E-state index in [1.54, 1.807) is 0 Å². The minimum Gasteiger partial charge on any atom is -0.462 e. The highest BCUT2D eigenvalue weighted by atomic mass is 79.9. The van der Waals surface area contributed by atoms with Crippen molar-refractivity contribution in [3.8, 4) is 0 Å². The normalized spacial score (nSPS) is 34.8. The van der Waals surface area contributed by atoms with Crippen LogP contribution < -0.4 is 5.32 Å². The summed E-state index contributed by atoms with van der Waals surface area (Å²) in [7, 11) is 0. The van der Waals surface area contributed by atoms with E-state index in [4.69, 9.17) is 4.74 Å². The number of halogens is 1.